The fourth-order valence-electron chi connectivity index (χ4n) is 1.37. The van der Waals surface area contributed by atoms with Crippen LogP contribution in [0, 0.1) is 11.8 Å². The van der Waals surface area contributed by atoms with Crippen molar-refractivity contribution in [2.75, 3.05) is 13.6 Å². The first-order valence-electron chi connectivity index (χ1n) is 4.46. The third kappa shape index (κ3) is 3.05. The fraction of sp³-hybridized carbons (Fsp3) is 0.778. The van der Waals surface area contributed by atoms with E-state index in [4.69, 9.17) is 5.11 Å². The van der Waals surface area contributed by atoms with Crippen molar-refractivity contribution in [3.8, 4) is 0 Å². The van der Waals surface area contributed by atoms with Gasteiger partial charge in [-0.05, 0) is 18.3 Å². The Balaban J connectivity index is 2.26. The highest BCUT2D eigenvalue weighted by molar-refractivity contribution is 5.93. The van der Waals surface area contributed by atoms with Crippen LogP contribution in [-0.4, -0.2) is 35.5 Å². The van der Waals surface area contributed by atoms with E-state index in [0.29, 0.717) is 18.4 Å². The minimum Gasteiger partial charge on any atom is -0.481 e. The lowest BCUT2D eigenvalue weighted by atomic mass is 10.3. The predicted octanol–water partition coefficient (Wildman–Crippen LogP) is 0.575. The standard InChI is InChI=1S/C9H15NO3/c1-6-3-7(6)5-10(2)8(11)4-9(12)13/h6-7H,3-5H2,1-2H3,(H,12,13). The number of carbonyl (C=O) groups excluding carboxylic acids is 1. The smallest absolute Gasteiger partial charge is 0.312 e. The van der Waals surface area contributed by atoms with E-state index in [-0.39, 0.29) is 5.91 Å². The van der Waals surface area contributed by atoms with E-state index in [1.807, 2.05) is 0 Å². The van der Waals surface area contributed by atoms with Crippen LogP contribution in [0.3, 0.4) is 0 Å². The number of nitrogens with zero attached hydrogens (tertiary/aromatic N) is 1. The molecule has 0 radical (unpaired) electrons. The first kappa shape index (κ1) is 10.0. The maximum absolute atomic E-state index is 11.2. The zero-order valence-electron chi connectivity index (χ0n) is 7.99. The van der Waals surface area contributed by atoms with Crippen molar-refractivity contribution in [2.24, 2.45) is 11.8 Å². The number of carboxylic acid groups (broad SMARTS) is 1. The van der Waals surface area contributed by atoms with Gasteiger partial charge in [-0.25, -0.2) is 0 Å². The van der Waals surface area contributed by atoms with Crippen molar-refractivity contribution in [1.29, 1.82) is 0 Å². The molecule has 1 saturated carbocycles. The van der Waals surface area contributed by atoms with Crippen LogP contribution in [0.1, 0.15) is 19.8 Å². The van der Waals surface area contributed by atoms with Crippen molar-refractivity contribution in [2.45, 2.75) is 19.8 Å². The van der Waals surface area contributed by atoms with Crippen LogP contribution in [0.4, 0.5) is 0 Å². The quantitative estimate of drug-likeness (QED) is 0.651. The number of carboxylic acids is 1. The SMILES string of the molecule is CC1CC1CN(C)C(=O)CC(=O)O. The first-order chi connectivity index (χ1) is 6.00. The van der Waals surface area contributed by atoms with E-state index in [0.717, 1.165) is 6.42 Å². The minimum absolute atomic E-state index is 0.299. The maximum atomic E-state index is 11.2. The lowest BCUT2D eigenvalue weighted by molar-refractivity contribution is -0.143. The summed E-state index contributed by atoms with van der Waals surface area (Å²) >= 11 is 0. The van der Waals surface area contributed by atoms with Crippen molar-refractivity contribution < 1.29 is 14.7 Å². The Morgan fingerprint density at radius 2 is 2.08 bits per heavy atom. The van der Waals surface area contributed by atoms with Gasteiger partial charge in [-0.1, -0.05) is 6.92 Å². The number of carbonyl (C=O) groups is 2. The minimum atomic E-state index is -1.05. The Hall–Kier alpha value is -1.06. The molecule has 4 nitrogen and oxygen atoms in total. The molecule has 74 valence electrons. The molecule has 0 aromatic heterocycles. The number of aliphatic carboxylic acids is 1. The van der Waals surface area contributed by atoms with E-state index in [2.05, 4.69) is 6.92 Å². The summed E-state index contributed by atoms with van der Waals surface area (Å²) in [4.78, 5) is 22.9. The molecular weight excluding hydrogens is 170 g/mol. The van der Waals surface area contributed by atoms with Gasteiger partial charge < -0.3 is 10.0 Å². The van der Waals surface area contributed by atoms with Gasteiger partial charge >= 0.3 is 5.97 Å². The zero-order valence-corrected chi connectivity index (χ0v) is 7.99. The Morgan fingerprint density at radius 1 is 1.54 bits per heavy atom. The monoisotopic (exact) mass is 185 g/mol. The van der Waals surface area contributed by atoms with Crippen LogP contribution in [0.2, 0.25) is 0 Å². The average Bonchev–Trinajstić information content (AvgIpc) is 2.64. The molecule has 0 aromatic rings. The Labute approximate surface area is 77.5 Å². The summed E-state index contributed by atoms with van der Waals surface area (Å²) in [5, 5.41) is 8.39. The van der Waals surface area contributed by atoms with E-state index >= 15 is 0 Å². The van der Waals surface area contributed by atoms with Gasteiger partial charge in [0.25, 0.3) is 0 Å². The Kier molecular flexibility index (Phi) is 2.90. The van der Waals surface area contributed by atoms with E-state index in [1.54, 1.807) is 7.05 Å². The average molecular weight is 185 g/mol. The second-order valence-electron chi connectivity index (χ2n) is 3.82. The lowest BCUT2D eigenvalue weighted by Crippen LogP contribution is -2.30. The van der Waals surface area contributed by atoms with Crippen LogP contribution in [0.15, 0.2) is 0 Å². The molecule has 1 rings (SSSR count). The summed E-state index contributed by atoms with van der Waals surface area (Å²) in [7, 11) is 1.66. The molecule has 2 atom stereocenters. The number of hydrogen-bond donors (Lipinski definition) is 1. The molecule has 1 amide bonds. The van der Waals surface area contributed by atoms with Crippen molar-refractivity contribution >= 4 is 11.9 Å². The van der Waals surface area contributed by atoms with Gasteiger partial charge in [-0.3, -0.25) is 9.59 Å². The van der Waals surface area contributed by atoms with Gasteiger partial charge in [0.15, 0.2) is 0 Å². The highest BCUT2D eigenvalue weighted by Crippen LogP contribution is 2.37. The van der Waals surface area contributed by atoms with Gasteiger partial charge in [0, 0.05) is 13.6 Å². The molecule has 1 fully saturated rings. The van der Waals surface area contributed by atoms with Gasteiger partial charge in [-0.15, -0.1) is 0 Å². The van der Waals surface area contributed by atoms with Crippen molar-refractivity contribution in [1.82, 2.24) is 4.90 Å². The molecule has 13 heavy (non-hydrogen) atoms. The molecule has 0 bridgehead atoms. The summed E-state index contributed by atoms with van der Waals surface area (Å²) in [6, 6.07) is 0. The molecule has 1 N–H and O–H groups in total. The van der Waals surface area contributed by atoms with Gasteiger partial charge in [-0.2, -0.15) is 0 Å². The maximum Gasteiger partial charge on any atom is 0.312 e. The molecule has 0 heterocycles. The second-order valence-corrected chi connectivity index (χ2v) is 3.82. The van der Waals surface area contributed by atoms with Crippen LogP contribution < -0.4 is 0 Å². The van der Waals surface area contributed by atoms with Gasteiger partial charge in [0.2, 0.25) is 5.91 Å². The number of amides is 1. The van der Waals surface area contributed by atoms with Crippen LogP contribution in [0.5, 0.6) is 0 Å². The lowest BCUT2D eigenvalue weighted by Gasteiger charge is -2.15. The number of rotatable bonds is 4. The fourth-order valence-corrected chi connectivity index (χ4v) is 1.37. The summed E-state index contributed by atoms with van der Waals surface area (Å²) in [6.07, 6.45) is 0.766. The zero-order chi connectivity index (χ0) is 10.0. The van der Waals surface area contributed by atoms with E-state index in [9.17, 15) is 9.59 Å². The Bertz CT molecular complexity index is 227. The van der Waals surface area contributed by atoms with E-state index < -0.39 is 12.4 Å². The first-order valence-corrected chi connectivity index (χ1v) is 4.46. The largest absolute Gasteiger partial charge is 0.481 e. The third-order valence-electron chi connectivity index (χ3n) is 2.51. The molecule has 0 spiro atoms. The molecule has 0 aromatic carbocycles. The van der Waals surface area contributed by atoms with Gasteiger partial charge in [0.05, 0.1) is 0 Å². The molecule has 4 heteroatoms. The third-order valence-corrected chi connectivity index (χ3v) is 2.51. The van der Waals surface area contributed by atoms with Crippen LogP contribution in [-0.2, 0) is 9.59 Å². The topological polar surface area (TPSA) is 57.6 Å². The summed E-state index contributed by atoms with van der Waals surface area (Å²) in [5.41, 5.74) is 0. The summed E-state index contributed by atoms with van der Waals surface area (Å²) < 4.78 is 0. The van der Waals surface area contributed by atoms with Crippen LogP contribution >= 0.6 is 0 Å². The molecule has 1 aliphatic carbocycles. The van der Waals surface area contributed by atoms with Gasteiger partial charge in [0.1, 0.15) is 6.42 Å². The Morgan fingerprint density at radius 3 is 2.46 bits per heavy atom. The molecular formula is C9H15NO3. The highest BCUT2D eigenvalue weighted by atomic mass is 16.4. The molecule has 2 unspecified atom stereocenters. The molecule has 0 saturated heterocycles. The normalized spacial score (nSPS) is 25.4. The summed E-state index contributed by atoms with van der Waals surface area (Å²) in [5.74, 6) is -0.0740. The van der Waals surface area contributed by atoms with E-state index in [1.165, 1.54) is 4.90 Å². The van der Waals surface area contributed by atoms with Crippen molar-refractivity contribution in [3.63, 3.8) is 0 Å². The molecule has 0 aliphatic heterocycles. The summed E-state index contributed by atoms with van der Waals surface area (Å²) in [6.45, 7) is 2.84. The molecule has 1 aliphatic rings. The highest BCUT2D eigenvalue weighted by Gasteiger charge is 2.34. The van der Waals surface area contributed by atoms with Crippen LogP contribution in [0.25, 0.3) is 0 Å². The predicted molar refractivity (Wildman–Crippen MR) is 47.2 cm³/mol. The van der Waals surface area contributed by atoms with Crippen molar-refractivity contribution in [3.05, 3.63) is 0 Å². The second kappa shape index (κ2) is 3.77. The number of hydrogen-bond acceptors (Lipinski definition) is 2.